The first-order valence-electron chi connectivity index (χ1n) is 9.00. The summed E-state index contributed by atoms with van der Waals surface area (Å²) in [4.78, 5) is 0. The molecule has 130 valence electrons. The smallest absolute Gasteiger partial charge is 0.129 e. The van der Waals surface area contributed by atoms with Gasteiger partial charge < -0.3 is 0 Å². The normalized spacial score (nSPS) is 13.8. The minimum absolute atomic E-state index is 0.0935. The summed E-state index contributed by atoms with van der Waals surface area (Å²) < 4.78 is 27.2. The molecule has 3 rings (SSSR count). The van der Waals surface area contributed by atoms with E-state index in [0.29, 0.717) is 12.0 Å². The highest BCUT2D eigenvalue weighted by Gasteiger charge is 2.07. The Kier molecular flexibility index (Phi) is 5.80. The summed E-state index contributed by atoms with van der Waals surface area (Å²) in [6.45, 7) is 1.46. The van der Waals surface area contributed by atoms with Crippen molar-refractivity contribution in [1.82, 2.24) is 0 Å². The summed E-state index contributed by atoms with van der Waals surface area (Å²) in [7, 11) is 0. The lowest BCUT2D eigenvalue weighted by Crippen LogP contribution is -1.97. The Balaban J connectivity index is 1.54. The van der Waals surface area contributed by atoms with Crippen molar-refractivity contribution in [1.29, 1.82) is 0 Å². The van der Waals surface area contributed by atoms with E-state index >= 15 is 0 Å². The van der Waals surface area contributed by atoms with E-state index in [1.807, 2.05) is 0 Å². The second-order valence-corrected chi connectivity index (χ2v) is 6.76. The summed E-state index contributed by atoms with van der Waals surface area (Å²) in [6.07, 6.45) is 12.7. The maximum atomic E-state index is 13.6. The fourth-order valence-corrected chi connectivity index (χ4v) is 3.15. The highest BCUT2D eigenvalue weighted by molar-refractivity contribution is 5.29. The van der Waals surface area contributed by atoms with E-state index in [4.69, 9.17) is 0 Å². The maximum absolute atomic E-state index is 13.6. The van der Waals surface area contributed by atoms with Crippen molar-refractivity contribution in [3.8, 4) is 0 Å². The van der Waals surface area contributed by atoms with Gasteiger partial charge in [0.1, 0.15) is 11.6 Å². The quantitative estimate of drug-likeness (QED) is 0.582. The first kappa shape index (κ1) is 17.6. The van der Waals surface area contributed by atoms with Gasteiger partial charge in [-0.25, -0.2) is 8.78 Å². The van der Waals surface area contributed by atoms with E-state index in [1.54, 1.807) is 0 Å². The fraction of sp³-hybridized carbons (Fsp3) is 0.304. The molecule has 0 fully saturated rings. The van der Waals surface area contributed by atoms with Crippen molar-refractivity contribution >= 4 is 0 Å². The highest BCUT2D eigenvalue weighted by atomic mass is 19.1. The summed E-state index contributed by atoms with van der Waals surface area (Å²) in [5.74, 6) is -0.923. The molecule has 0 N–H and O–H groups in total. The molecule has 0 atom stereocenters. The third-order valence-electron chi connectivity index (χ3n) is 4.84. The molecule has 0 nitrogen and oxygen atoms in total. The number of benzene rings is 2. The van der Waals surface area contributed by atoms with Crippen molar-refractivity contribution in [2.45, 2.75) is 45.4 Å². The van der Waals surface area contributed by atoms with Crippen LogP contribution in [0.4, 0.5) is 8.78 Å². The summed E-state index contributed by atoms with van der Waals surface area (Å²) in [5.41, 5.74) is 4.76. The van der Waals surface area contributed by atoms with Crippen LogP contribution in [0.5, 0.6) is 0 Å². The summed E-state index contributed by atoms with van der Waals surface area (Å²) in [6, 6.07) is 11.5. The molecule has 0 unspecified atom stereocenters. The van der Waals surface area contributed by atoms with Crippen LogP contribution >= 0.6 is 0 Å². The molecule has 0 aliphatic heterocycles. The van der Waals surface area contributed by atoms with Gasteiger partial charge in [0.25, 0.3) is 0 Å². The van der Waals surface area contributed by atoms with Crippen LogP contribution in [0.15, 0.2) is 60.2 Å². The molecule has 25 heavy (non-hydrogen) atoms. The van der Waals surface area contributed by atoms with Gasteiger partial charge in [0, 0.05) is 5.56 Å². The first-order chi connectivity index (χ1) is 12.1. The summed E-state index contributed by atoms with van der Waals surface area (Å²) in [5, 5.41) is 0. The zero-order valence-corrected chi connectivity index (χ0v) is 14.7. The SMILES string of the molecule is Cc1c(F)cc(CCc2ccc(CCC3=CCCC=C3)cc2)cc1F. The van der Waals surface area contributed by atoms with Gasteiger partial charge in [0.2, 0.25) is 0 Å². The minimum Gasteiger partial charge on any atom is -0.207 e. The molecular weight excluding hydrogens is 314 g/mol. The van der Waals surface area contributed by atoms with Crippen molar-refractivity contribution in [3.63, 3.8) is 0 Å². The van der Waals surface area contributed by atoms with Crippen LogP contribution < -0.4 is 0 Å². The Labute approximate surface area is 148 Å². The molecule has 0 saturated carbocycles. The third kappa shape index (κ3) is 4.88. The molecule has 0 heterocycles. The van der Waals surface area contributed by atoms with Crippen molar-refractivity contribution < 1.29 is 8.78 Å². The van der Waals surface area contributed by atoms with E-state index in [9.17, 15) is 8.78 Å². The van der Waals surface area contributed by atoms with Crippen LogP contribution in [0.3, 0.4) is 0 Å². The molecule has 0 spiro atoms. The highest BCUT2D eigenvalue weighted by Crippen LogP contribution is 2.18. The molecule has 2 aromatic carbocycles. The van der Waals surface area contributed by atoms with Crippen molar-refractivity contribution in [2.24, 2.45) is 0 Å². The van der Waals surface area contributed by atoms with Crippen molar-refractivity contribution in [2.75, 3.05) is 0 Å². The van der Waals surface area contributed by atoms with Crippen LogP contribution in [-0.2, 0) is 19.3 Å². The fourth-order valence-electron chi connectivity index (χ4n) is 3.15. The van der Waals surface area contributed by atoms with Gasteiger partial charge in [-0.3, -0.25) is 0 Å². The van der Waals surface area contributed by atoms with Crippen LogP contribution in [0.2, 0.25) is 0 Å². The molecule has 0 amide bonds. The predicted octanol–water partition coefficient (Wildman–Crippen LogP) is 6.27. The number of halogens is 2. The Morgan fingerprint density at radius 3 is 1.88 bits per heavy atom. The van der Waals surface area contributed by atoms with Gasteiger partial charge in [-0.1, -0.05) is 48.1 Å². The molecule has 1 aliphatic rings. The van der Waals surface area contributed by atoms with E-state index < -0.39 is 11.6 Å². The number of hydrogen-bond donors (Lipinski definition) is 0. The lowest BCUT2D eigenvalue weighted by molar-refractivity contribution is 0.564. The lowest BCUT2D eigenvalue weighted by atomic mass is 9.98. The predicted molar refractivity (Wildman–Crippen MR) is 99.7 cm³/mol. The lowest BCUT2D eigenvalue weighted by Gasteiger charge is -2.08. The Hall–Kier alpha value is -2.22. The molecule has 0 radical (unpaired) electrons. The summed E-state index contributed by atoms with van der Waals surface area (Å²) >= 11 is 0. The Bertz CT molecular complexity index is 759. The third-order valence-corrected chi connectivity index (χ3v) is 4.84. The van der Waals surface area contributed by atoms with Crippen molar-refractivity contribution in [3.05, 3.63) is 94.1 Å². The largest absolute Gasteiger partial charge is 0.207 e. The van der Waals surface area contributed by atoms with Crippen LogP contribution in [0.25, 0.3) is 0 Å². The van der Waals surface area contributed by atoms with Gasteiger partial charge in [0.05, 0.1) is 0 Å². The molecule has 0 aromatic heterocycles. The van der Waals surface area contributed by atoms with Crippen LogP contribution in [0, 0.1) is 18.6 Å². The molecule has 2 heteroatoms. The van der Waals surface area contributed by atoms with Gasteiger partial charge in [-0.05, 0) is 74.3 Å². The minimum atomic E-state index is -0.462. The van der Waals surface area contributed by atoms with E-state index in [1.165, 1.54) is 35.8 Å². The molecular formula is C23H24F2. The van der Waals surface area contributed by atoms with Gasteiger partial charge in [-0.15, -0.1) is 0 Å². The van der Waals surface area contributed by atoms with Gasteiger partial charge >= 0.3 is 0 Å². The maximum Gasteiger partial charge on any atom is 0.129 e. The second kappa shape index (κ2) is 8.24. The number of hydrogen-bond acceptors (Lipinski definition) is 0. The number of aryl methyl sites for hydroxylation is 3. The average Bonchev–Trinajstić information content (AvgIpc) is 2.64. The van der Waals surface area contributed by atoms with Crippen LogP contribution in [0.1, 0.15) is 41.5 Å². The standard InChI is InChI=1S/C23H24F2/c1-17-22(24)15-21(16-23(17)25)14-13-20-11-9-19(10-12-20)8-7-18-5-3-2-4-6-18/h3,5-6,9-12,15-16H,2,4,7-8,13-14H2,1H3. The molecule has 2 aromatic rings. The topological polar surface area (TPSA) is 0 Å². The molecule has 0 saturated heterocycles. The number of allylic oxidation sites excluding steroid dienone is 4. The van der Waals surface area contributed by atoms with E-state index in [0.717, 1.165) is 32.1 Å². The molecule has 1 aliphatic carbocycles. The first-order valence-corrected chi connectivity index (χ1v) is 9.00. The Morgan fingerprint density at radius 2 is 1.32 bits per heavy atom. The second-order valence-electron chi connectivity index (χ2n) is 6.76. The van der Waals surface area contributed by atoms with Gasteiger partial charge in [0.15, 0.2) is 0 Å². The zero-order chi connectivity index (χ0) is 17.6. The van der Waals surface area contributed by atoms with E-state index in [-0.39, 0.29) is 5.56 Å². The van der Waals surface area contributed by atoms with Gasteiger partial charge in [-0.2, -0.15) is 0 Å². The molecule has 0 bridgehead atoms. The Morgan fingerprint density at radius 1 is 0.760 bits per heavy atom. The monoisotopic (exact) mass is 338 g/mol. The average molecular weight is 338 g/mol. The van der Waals surface area contributed by atoms with Crippen LogP contribution in [-0.4, -0.2) is 0 Å². The zero-order valence-electron chi connectivity index (χ0n) is 14.7. The van der Waals surface area contributed by atoms with E-state index in [2.05, 4.69) is 42.5 Å². The number of rotatable bonds is 6.